The van der Waals surface area contributed by atoms with Gasteiger partial charge in [-0.25, -0.2) is 0 Å². The summed E-state index contributed by atoms with van der Waals surface area (Å²) in [5, 5.41) is 12.6. The van der Waals surface area contributed by atoms with Crippen molar-refractivity contribution in [2.45, 2.75) is 26.4 Å². The lowest BCUT2D eigenvalue weighted by Crippen LogP contribution is -2.03. The average Bonchev–Trinajstić information content (AvgIpc) is 2.49. The molecule has 0 bridgehead atoms. The molecule has 1 aromatic rings. The maximum Gasteiger partial charge on any atom is 0.0930 e. The van der Waals surface area contributed by atoms with Crippen LogP contribution >= 0.6 is 22.9 Å². The van der Waals surface area contributed by atoms with Gasteiger partial charge >= 0.3 is 0 Å². The molecule has 0 aliphatic heterocycles. The Hall–Kier alpha value is -0.0500. The van der Waals surface area contributed by atoms with Crippen molar-refractivity contribution in [2.75, 3.05) is 0 Å². The topological polar surface area (TPSA) is 20.2 Å². The Balaban J connectivity index is 2.15. The molecule has 1 aliphatic carbocycles. The highest BCUT2D eigenvalue weighted by Gasteiger charge is 2.50. The lowest BCUT2D eigenvalue weighted by molar-refractivity contribution is 0.142. The number of aliphatic hydroxyl groups is 1. The van der Waals surface area contributed by atoms with E-state index in [9.17, 15) is 5.11 Å². The van der Waals surface area contributed by atoms with Gasteiger partial charge in [-0.05, 0) is 29.2 Å². The monoisotopic (exact) mass is 216 g/mol. The molecule has 0 radical (unpaired) electrons. The minimum absolute atomic E-state index is 0.298. The molecule has 2 rings (SSSR count). The van der Waals surface area contributed by atoms with E-state index in [1.807, 2.05) is 11.4 Å². The summed E-state index contributed by atoms with van der Waals surface area (Å²) in [6, 6.07) is 1.85. The number of rotatable bonds is 2. The van der Waals surface area contributed by atoms with Crippen LogP contribution in [0.1, 0.15) is 31.2 Å². The second-order valence-electron chi connectivity index (χ2n) is 4.38. The molecule has 1 fully saturated rings. The molecular weight excluding hydrogens is 204 g/mol. The molecule has 1 aliphatic rings. The van der Waals surface area contributed by atoms with Gasteiger partial charge in [0.2, 0.25) is 0 Å². The second-order valence-corrected chi connectivity index (χ2v) is 5.73. The van der Waals surface area contributed by atoms with Crippen molar-refractivity contribution in [1.29, 1.82) is 0 Å². The normalized spacial score (nSPS) is 27.2. The van der Waals surface area contributed by atoms with Crippen LogP contribution < -0.4 is 0 Å². The standard InChI is InChI=1S/C10H13ClOS/c1-10(2)5-6(10)8(12)9-7(11)3-4-13-9/h3-4,6,8,12H,5H2,1-2H3. The molecule has 0 amide bonds. The Labute approximate surface area is 87.4 Å². The summed E-state index contributed by atoms with van der Waals surface area (Å²) in [5.41, 5.74) is 0.298. The van der Waals surface area contributed by atoms with Crippen LogP contribution in [0, 0.1) is 11.3 Å². The quantitative estimate of drug-likeness (QED) is 0.803. The Morgan fingerprint density at radius 2 is 2.31 bits per heavy atom. The lowest BCUT2D eigenvalue weighted by Gasteiger charge is -2.10. The molecule has 0 saturated heterocycles. The largest absolute Gasteiger partial charge is 0.387 e. The number of halogens is 1. The van der Waals surface area contributed by atoms with Crippen molar-refractivity contribution in [2.24, 2.45) is 11.3 Å². The molecule has 0 aromatic carbocycles. The number of hydrogen-bond acceptors (Lipinski definition) is 2. The van der Waals surface area contributed by atoms with Crippen molar-refractivity contribution in [3.8, 4) is 0 Å². The van der Waals surface area contributed by atoms with Gasteiger partial charge in [-0.15, -0.1) is 11.3 Å². The SMILES string of the molecule is CC1(C)CC1C(O)c1sccc1Cl. The predicted molar refractivity (Wildman–Crippen MR) is 56.2 cm³/mol. The van der Waals surface area contributed by atoms with Gasteiger partial charge in [0.25, 0.3) is 0 Å². The summed E-state index contributed by atoms with van der Waals surface area (Å²) in [4.78, 5) is 0.928. The molecule has 2 unspecified atom stereocenters. The molecule has 1 N–H and O–H groups in total. The van der Waals surface area contributed by atoms with Crippen LogP contribution in [0.25, 0.3) is 0 Å². The van der Waals surface area contributed by atoms with E-state index < -0.39 is 0 Å². The summed E-state index contributed by atoms with van der Waals surface area (Å²) in [5.74, 6) is 0.392. The van der Waals surface area contributed by atoms with Gasteiger partial charge in [-0.1, -0.05) is 25.4 Å². The van der Waals surface area contributed by atoms with Crippen molar-refractivity contribution in [3.63, 3.8) is 0 Å². The van der Waals surface area contributed by atoms with E-state index in [1.54, 1.807) is 11.3 Å². The van der Waals surface area contributed by atoms with Gasteiger partial charge in [-0.3, -0.25) is 0 Å². The van der Waals surface area contributed by atoms with E-state index in [1.165, 1.54) is 0 Å². The molecule has 3 heteroatoms. The summed E-state index contributed by atoms with van der Waals surface area (Å²) >= 11 is 7.49. The van der Waals surface area contributed by atoms with Gasteiger partial charge in [0.05, 0.1) is 16.0 Å². The lowest BCUT2D eigenvalue weighted by atomic mass is 10.1. The van der Waals surface area contributed by atoms with Crippen LogP contribution in [0.3, 0.4) is 0 Å². The Morgan fingerprint density at radius 1 is 1.69 bits per heavy atom. The van der Waals surface area contributed by atoms with E-state index in [4.69, 9.17) is 11.6 Å². The van der Waals surface area contributed by atoms with Crippen LogP contribution in [0.15, 0.2) is 11.4 Å². The van der Waals surface area contributed by atoms with Crippen molar-refractivity contribution >= 4 is 22.9 Å². The maximum atomic E-state index is 9.99. The third kappa shape index (κ3) is 1.63. The van der Waals surface area contributed by atoms with Gasteiger partial charge < -0.3 is 5.11 Å². The Kier molecular flexibility index (Phi) is 2.17. The van der Waals surface area contributed by atoms with Crippen LogP contribution in [-0.2, 0) is 0 Å². The Morgan fingerprint density at radius 3 is 2.69 bits per heavy atom. The first-order chi connectivity index (χ1) is 6.02. The van der Waals surface area contributed by atoms with E-state index >= 15 is 0 Å². The van der Waals surface area contributed by atoms with Crippen LogP contribution in [0.5, 0.6) is 0 Å². The van der Waals surface area contributed by atoms with Crippen molar-refractivity contribution < 1.29 is 5.11 Å². The summed E-state index contributed by atoms with van der Waals surface area (Å²) in [6.07, 6.45) is 0.741. The molecule has 1 saturated carbocycles. The van der Waals surface area contributed by atoms with E-state index in [0.717, 1.165) is 11.3 Å². The van der Waals surface area contributed by atoms with Crippen molar-refractivity contribution in [1.82, 2.24) is 0 Å². The fourth-order valence-electron chi connectivity index (χ4n) is 1.75. The molecular formula is C10H13ClOS. The number of aliphatic hydroxyl groups excluding tert-OH is 1. The van der Waals surface area contributed by atoms with Gasteiger partial charge in [0.15, 0.2) is 0 Å². The third-order valence-corrected chi connectivity index (χ3v) is 4.31. The first-order valence-electron chi connectivity index (χ1n) is 4.43. The Bertz CT molecular complexity index is 318. The zero-order chi connectivity index (χ0) is 9.64. The smallest absolute Gasteiger partial charge is 0.0930 e. The predicted octanol–water partition coefficient (Wildman–Crippen LogP) is 3.48. The van der Waals surface area contributed by atoms with Crippen LogP contribution in [-0.4, -0.2) is 5.11 Å². The molecule has 13 heavy (non-hydrogen) atoms. The summed E-state index contributed by atoms with van der Waals surface area (Å²) in [7, 11) is 0. The number of thiophene rings is 1. The van der Waals surface area contributed by atoms with Gasteiger partial charge in [-0.2, -0.15) is 0 Å². The summed E-state index contributed by atoms with van der Waals surface area (Å²) < 4.78 is 0. The molecule has 1 heterocycles. The molecule has 72 valence electrons. The second kappa shape index (κ2) is 2.97. The minimum atomic E-state index is -0.359. The first-order valence-corrected chi connectivity index (χ1v) is 5.69. The fourth-order valence-corrected chi connectivity index (χ4v) is 2.96. The van der Waals surface area contributed by atoms with E-state index in [0.29, 0.717) is 16.4 Å². The highest BCUT2D eigenvalue weighted by Crippen LogP contribution is 2.58. The minimum Gasteiger partial charge on any atom is -0.387 e. The van der Waals surface area contributed by atoms with E-state index in [2.05, 4.69) is 13.8 Å². The van der Waals surface area contributed by atoms with Crippen LogP contribution in [0.2, 0.25) is 5.02 Å². The maximum absolute atomic E-state index is 9.99. The molecule has 1 nitrogen and oxygen atoms in total. The summed E-state index contributed by atoms with van der Waals surface area (Å²) in [6.45, 7) is 4.37. The number of hydrogen-bond donors (Lipinski definition) is 1. The third-order valence-electron chi connectivity index (χ3n) is 2.88. The highest BCUT2D eigenvalue weighted by atomic mass is 35.5. The zero-order valence-electron chi connectivity index (χ0n) is 7.75. The van der Waals surface area contributed by atoms with E-state index in [-0.39, 0.29) is 6.10 Å². The van der Waals surface area contributed by atoms with Gasteiger partial charge in [0.1, 0.15) is 0 Å². The molecule has 2 atom stereocenters. The fraction of sp³-hybridized carbons (Fsp3) is 0.600. The van der Waals surface area contributed by atoms with Crippen molar-refractivity contribution in [3.05, 3.63) is 21.3 Å². The molecule has 1 aromatic heterocycles. The van der Waals surface area contributed by atoms with Crippen LogP contribution in [0.4, 0.5) is 0 Å². The average molecular weight is 217 g/mol. The molecule has 0 spiro atoms. The first kappa shape index (κ1) is 9.50. The van der Waals surface area contributed by atoms with Gasteiger partial charge in [0, 0.05) is 0 Å². The highest BCUT2D eigenvalue weighted by molar-refractivity contribution is 7.10. The zero-order valence-corrected chi connectivity index (χ0v) is 9.32.